The summed E-state index contributed by atoms with van der Waals surface area (Å²) < 4.78 is 7.38. The average molecular weight is 441 g/mol. The molecule has 2 aliphatic heterocycles. The van der Waals surface area contributed by atoms with E-state index in [1.54, 1.807) is 0 Å². The van der Waals surface area contributed by atoms with E-state index >= 15 is 0 Å². The number of hydrogen-bond acceptors (Lipinski definition) is 5. The van der Waals surface area contributed by atoms with E-state index in [1.165, 1.54) is 5.56 Å². The Morgan fingerprint density at radius 1 is 1.22 bits per heavy atom. The summed E-state index contributed by atoms with van der Waals surface area (Å²) in [6.45, 7) is 8.38. The fourth-order valence-corrected chi connectivity index (χ4v) is 4.83. The zero-order valence-electron chi connectivity index (χ0n) is 19.5. The maximum atomic E-state index is 12.5. The van der Waals surface area contributed by atoms with Crippen LogP contribution in [0.5, 0.6) is 0 Å². The lowest BCUT2D eigenvalue weighted by Crippen LogP contribution is -2.46. The number of amides is 3. The maximum Gasteiger partial charge on any atom is 0.410 e. The molecule has 0 saturated carbocycles. The predicted octanol–water partition coefficient (Wildman–Crippen LogP) is 3.60. The summed E-state index contributed by atoms with van der Waals surface area (Å²) in [7, 11) is 1.88. The zero-order valence-corrected chi connectivity index (χ0v) is 19.5. The topological polar surface area (TPSA) is 93.5 Å². The highest BCUT2D eigenvalue weighted by Gasteiger charge is 2.34. The highest BCUT2D eigenvalue weighted by molar-refractivity contribution is 6.02. The van der Waals surface area contributed by atoms with Gasteiger partial charge >= 0.3 is 6.09 Å². The van der Waals surface area contributed by atoms with Crippen LogP contribution in [0.2, 0.25) is 0 Å². The first-order valence-electron chi connectivity index (χ1n) is 11.3. The van der Waals surface area contributed by atoms with Gasteiger partial charge < -0.3 is 9.64 Å². The lowest BCUT2D eigenvalue weighted by Gasteiger charge is -2.38. The van der Waals surface area contributed by atoms with Crippen molar-refractivity contribution >= 4 is 28.8 Å². The molecule has 0 radical (unpaired) electrons. The van der Waals surface area contributed by atoms with Crippen molar-refractivity contribution in [2.75, 3.05) is 6.54 Å². The van der Waals surface area contributed by atoms with Gasteiger partial charge in [-0.1, -0.05) is 12.1 Å². The molecule has 1 N–H and O–H groups in total. The van der Waals surface area contributed by atoms with E-state index in [0.29, 0.717) is 25.3 Å². The van der Waals surface area contributed by atoms with E-state index in [-0.39, 0.29) is 23.9 Å². The molecule has 1 aromatic carbocycles. The van der Waals surface area contributed by atoms with Gasteiger partial charge in [-0.15, -0.1) is 0 Å². The predicted molar refractivity (Wildman–Crippen MR) is 120 cm³/mol. The third-order valence-corrected chi connectivity index (χ3v) is 6.45. The van der Waals surface area contributed by atoms with Crippen LogP contribution >= 0.6 is 0 Å². The Bertz CT molecular complexity index is 1070. The van der Waals surface area contributed by atoms with Gasteiger partial charge in [0.05, 0.1) is 17.1 Å². The molecular formula is C24H32N4O4. The quantitative estimate of drug-likeness (QED) is 0.720. The number of carbonyl (C=O) groups excluding carboxylic acids is 3. The number of rotatable bonds is 2. The summed E-state index contributed by atoms with van der Waals surface area (Å²) in [5.41, 5.74) is 2.42. The molecule has 8 heteroatoms. The standard InChI is InChI=1S/C24H32N4O4/c1-14-12-16(10-11-28(14)23(31)32-24(2,3)4)15-6-7-17-19(13-15)27(5)26-21(17)18-8-9-20(29)25-22(18)30/h6-7,13-14,16,18H,8-12H2,1-5H3,(H,25,29,30)/t14-,16-,18?/m0/s1. The highest BCUT2D eigenvalue weighted by Crippen LogP contribution is 2.36. The molecular weight excluding hydrogens is 408 g/mol. The van der Waals surface area contributed by atoms with E-state index in [1.807, 2.05) is 43.5 Å². The minimum atomic E-state index is -0.502. The van der Waals surface area contributed by atoms with Crippen LogP contribution < -0.4 is 5.32 Å². The molecule has 2 aliphatic rings. The lowest BCUT2D eigenvalue weighted by molar-refractivity contribution is -0.134. The summed E-state index contributed by atoms with van der Waals surface area (Å²) in [5.74, 6) is -0.560. The van der Waals surface area contributed by atoms with Crippen molar-refractivity contribution in [1.82, 2.24) is 20.0 Å². The number of nitrogens with zero attached hydrogens (tertiary/aromatic N) is 3. The van der Waals surface area contributed by atoms with Gasteiger partial charge in [0.2, 0.25) is 11.8 Å². The van der Waals surface area contributed by atoms with Gasteiger partial charge in [-0.2, -0.15) is 5.10 Å². The number of aryl methyl sites for hydroxylation is 1. The first-order valence-corrected chi connectivity index (χ1v) is 11.3. The molecule has 4 rings (SSSR count). The monoisotopic (exact) mass is 440 g/mol. The number of likely N-dealkylation sites (tertiary alicyclic amines) is 1. The lowest BCUT2D eigenvalue weighted by atomic mass is 9.85. The van der Waals surface area contributed by atoms with Crippen molar-refractivity contribution < 1.29 is 19.1 Å². The van der Waals surface area contributed by atoms with Crippen LogP contribution in [-0.4, -0.2) is 50.8 Å². The maximum absolute atomic E-state index is 12.5. The van der Waals surface area contributed by atoms with Gasteiger partial charge in [-0.05, 0) is 64.5 Å². The number of aromatic nitrogens is 2. The van der Waals surface area contributed by atoms with E-state index < -0.39 is 11.5 Å². The average Bonchev–Trinajstić information content (AvgIpc) is 3.02. The third-order valence-electron chi connectivity index (χ3n) is 6.45. The van der Waals surface area contributed by atoms with Gasteiger partial charge in [0.1, 0.15) is 5.60 Å². The van der Waals surface area contributed by atoms with Crippen LogP contribution in [0.15, 0.2) is 18.2 Å². The molecule has 3 heterocycles. The van der Waals surface area contributed by atoms with Crippen molar-refractivity contribution in [3.8, 4) is 0 Å². The van der Waals surface area contributed by atoms with Crippen LogP contribution in [0.4, 0.5) is 4.79 Å². The van der Waals surface area contributed by atoms with Gasteiger partial charge in [0.15, 0.2) is 0 Å². The van der Waals surface area contributed by atoms with E-state index in [4.69, 9.17) is 4.74 Å². The molecule has 0 aliphatic carbocycles. The number of ether oxygens (including phenoxy) is 1. The summed E-state index contributed by atoms with van der Waals surface area (Å²) >= 11 is 0. The largest absolute Gasteiger partial charge is 0.444 e. The van der Waals surface area contributed by atoms with E-state index in [0.717, 1.165) is 29.4 Å². The smallest absolute Gasteiger partial charge is 0.410 e. The highest BCUT2D eigenvalue weighted by atomic mass is 16.6. The molecule has 32 heavy (non-hydrogen) atoms. The van der Waals surface area contributed by atoms with Crippen molar-refractivity contribution in [3.63, 3.8) is 0 Å². The van der Waals surface area contributed by atoms with Crippen LogP contribution in [-0.2, 0) is 21.4 Å². The van der Waals surface area contributed by atoms with E-state index in [2.05, 4.69) is 29.5 Å². The molecule has 2 aromatic rings. The summed E-state index contributed by atoms with van der Waals surface area (Å²) in [4.78, 5) is 38.2. The van der Waals surface area contributed by atoms with Crippen LogP contribution in [0, 0.1) is 0 Å². The number of nitrogens with one attached hydrogen (secondary N) is 1. The second kappa shape index (κ2) is 8.22. The van der Waals surface area contributed by atoms with Gasteiger partial charge in [-0.25, -0.2) is 4.79 Å². The Morgan fingerprint density at radius 2 is 1.97 bits per heavy atom. The SMILES string of the molecule is C[C@H]1C[C@@H](c2ccc3c(C4CCC(=O)NC4=O)nn(C)c3c2)CCN1C(=O)OC(C)(C)C. The zero-order chi connectivity index (χ0) is 23.2. The Kier molecular flexibility index (Phi) is 5.73. The summed E-state index contributed by atoms with van der Waals surface area (Å²) in [6, 6.07) is 6.39. The van der Waals surface area contributed by atoms with Crippen molar-refractivity contribution in [1.29, 1.82) is 0 Å². The van der Waals surface area contributed by atoms with Gasteiger partial charge in [-0.3, -0.25) is 19.6 Å². The fourth-order valence-electron chi connectivity index (χ4n) is 4.83. The number of piperidine rings is 2. The molecule has 1 unspecified atom stereocenters. The van der Waals surface area contributed by atoms with Crippen molar-refractivity contribution in [3.05, 3.63) is 29.5 Å². The molecule has 172 valence electrons. The van der Waals surface area contributed by atoms with Gasteiger partial charge in [0, 0.05) is 31.4 Å². The van der Waals surface area contributed by atoms with Crippen molar-refractivity contribution in [2.45, 2.75) is 76.9 Å². The molecule has 3 amide bonds. The second-order valence-corrected chi connectivity index (χ2v) is 10.0. The Labute approximate surface area is 188 Å². The Hall–Kier alpha value is -2.90. The molecule has 2 fully saturated rings. The summed E-state index contributed by atoms with van der Waals surface area (Å²) in [5, 5.41) is 8.01. The number of fused-ring (bicyclic) bond motifs is 1. The molecule has 0 bridgehead atoms. The number of imide groups is 1. The molecule has 3 atom stereocenters. The minimum absolute atomic E-state index is 0.0878. The number of benzene rings is 1. The second-order valence-electron chi connectivity index (χ2n) is 10.0. The Morgan fingerprint density at radius 3 is 2.62 bits per heavy atom. The molecule has 0 spiro atoms. The first-order chi connectivity index (χ1) is 15.0. The summed E-state index contributed by atoms with van der Waals surface area (Å²) in [6.07, 6.45) is 2.30. The molecule has 8 nitrogen and oxygen atoms in total. The number of hydrogen-bond donors (Lipinski definition) is 1. The van der Waals surface area contributed by atoms with Gasteiger partial charge in [0.25, 0.3) is 0 Å². The molecule has 1 aromatic heterocycles. The van der Waals surface area contributed by atoms with Crippen LogP contribution in [0.3, 0.4) is 0 Å². The third kappa shape index (κ3) is 4.36. The van der Waals surface area contributed by atoms with E-state index in [9.17, 15) is 14.4 Å². The van der Waals surface area contributed by atoms with Crippen LogP contribution in [0.1, 0.15) is 76.5 Å². The Balaban J connectivity index is 1.53. The van der Waals surface area contributed by atoms with Crippen LogP contribution in [0.25, 0.3) is 10.9 Å². The first kappa shape index (κ1) is 22.3. The number of carbonyl (C=O) groups is 3. The molecule has 2 saturated heterocycles. The fraction of sp³-hybridized carbons (Fsp3) is 0.583. The normalized spacial score (nSPS) is 24.5. The van der Waals surface area contributed by atoms with Crippen molar-refractivity contribution in [2.24, 2.45) is 7.05 Å². The minimum Gasteiger partial charge on any atom is -0.444 e.